The number of rotatable bonds is 2. The van der Waals surface area contributed by atoms with Crippen LogP contribution in [-0.4, -0.2) is 23.3 Å². The number of benzene rings is 2. The molecule has 2 N–H and O–H groups in total. The first-order valence-corrected chi connectivity index (χ1v) is 6.38. The molecule has 0 amide bonds. The second-order valence-corrected chi connectivity index (χ2v) is 4.57. The molecular formula is C16H12O6. The van der Waals surface area contributed by atoms with Gasteiger partial charge in [0.15, 0.2) is 11.5 Å². The van der Waals surface area contributed by atoms with Crippen LogP contribution in [0.15, 0.2) is 42.2 Å². The molecule has 6 heteroatoms. The summed E-state index contributed by atoms with van der Waals surface area (Å²) in [5, 5.41) is 19.1. The molecule has 112 valence electrons. The zero-order valence-corrected chi connectivity index (χ0v) is 11.6. The van der Waals surface area contributed by atoms with Gasteiger partial charge < -0.3 is 24.4 Å². The van der Waals surface area contributed by atoms with Gasteiger partial charge in [0.1, 0.15) is 11.5 Å². The van der Waals surface area contributed by atoms with Gasteiger partial charge in [0.2, 0.25) is 11.5 Å². The van der Waals surface area contributed by atoms with E-state index in [-0.39, 0.29) is 28.8 Å². The zero-order valence-electron chi connectivity index (χ0n) is 11.6. The zero-order chi connectivity index (χ0) is 15.7. The van der Waals surface area contributed by atoms with Gasteiger partial charge in [-0.25, -0.2) is 4.79 Å². The highest BCUT2D eigenvalue weighted by molar-refractivity contribution is 5.95. The van der Waals surface area contributed by atoms with Crippen LogP contribution in [0.4, 0.5) is 0 Å². The van der Waals surface area contributed by atoms with E-state index in [0.29, 0.717) is 11.3 Å². The van der Waals surface area contributed by atoms with Crippen molar-refractivity contribution < 1.29 is 29.2 Å². The average molecular weight is 300 g/mol. The number of ether oxygens (including phenoxy) is 3. The maximum atomic E-state index is 11.9. The SMILES string of the molecule is COc1ccc(/C=C2/Oc3cc(O)cc(O)c3OC2=O)cc1. The van der Waals surface area contributed by atoms with Crippen LogP contribution in [-0.2, 0) is 4.79 Å². The van der Waals surface area contributed by atoms with Crippen LogP contribution in [0.5, 0.6) is 28.7 Å². The van der Waals surface area contributed by atoms with Gasteiger partial charge >= 0.3 is 5.97 Å². The molecule has 2 aromatic rings. The molecule has 0 fully saturated rings. The van der Waals surface area contributed by atoms with Crippen molar-refractivity contribution in [3.8, 4) is 28.7 Å². The van der Waals surface area contributed by atoms with E-state index in [1.54, 1.807) is 31.4 Å². The Balaban J connectivity index is 1.94. The largest absolute Gasteiger partial charge is 0.508 e. The summed E-state index contributed by atoms with van der Waals surface area (Å²) in [4.78, 5) is 11.9. The van der Waals surface area contributed by atoms with Crippen molar-refractivity contribution >= 4 is 12.0 Å². The van der Waals surface area contributed by atoms with Gasteiger partial charge in [-0.2, -0.15) is 0 Å². The first-order valence-electron chi connectivity index (χ1n) is 6.38. The van der Waals surface area contributed by atoms with Crippen molar-refractivity contribution in [3.63, 3.8) is 0 Å². The fourth-order valence-electron chi connectivity index (χ4n) is 1.99. The summed E-state index contributed by atoms with van der Waals surface area (Å²) >= 11 is 0. The first-order chi connectivity index (χ1) is 10.6. The van der Waals surface area contributed by atoms with Crippen LogP contribution in [0.3, 0.4) is 0 Å². The van der Waals surface area contributed by atoms with Gasteiger partial charge in [0.05, 0.1) is 7.11 Å². The molecule has 0 unspecified atom stereocenters. The van der Waals surface area contributed by atoms with Crippen molar-refractivity contribution in [1.82, 2.24) is 0 Å². The number of hydrogen-bond acceptors (Lipinski definition) is 6. The van der Waals surface area contributed by atoms with E-state index >= 15 is 0 Å². The highest BCUT2D eigenvalue weighted by Crippen LogP contribution is 2.43. The van der Waals surface area contributed by atoms with Crippen LogP contribution < -0.4 is 14.2 Å². The van der Waals surface area contributed by atoms with Gasteiger partial charge in [0, 0.05) is 12.1 Å². The fraction of sp³-hybridized carbons (Fsp3) is 0.0625. The standard InChI is InChI=1S/C16H12O6/c1-20-11-4-2-9(3-5-11)6-14-16(19)22-15-12(18)7-10(17)8-13(15)21-14/h2-8,17-18H,1H3/b14-6+. The Morgan fingerprint density at radius 2 is 1.82 bits per heavy atom. The number of phenolic OH excluding ortho intramolecular Hbond substituents is 2. The highest BCUT2D eigenvalue weighted by Gasteiger charge is 2.27. The Morgan fingerprint density at radius 3 is 2.50 bits per heavy atom. The first kappa shape index (κ1) is 13.8. The van der Waals surface area contributed by atoms with Crippen molar-refractivity contribution in [2.75, 3.05) is 7.11 Å². The number of phenols is 2. The van der Waals surface area contributed by atoms with E-state index in [1.165, 1.54) is 12.1 Å². The summed E-state index contributed by atoms with van der Waals surface area (Å²) in [6.45, 7) is 0. The minimum absolute atomic E-state index is 0.0531. The molecular weight excluding hydrogens is 288 g/mol. The molecule has 6 nitrogen and oxygen atoms in total. The quantitative estimate of drug-likeness (QED) is 0.503. The lowest BCUT2D eigenvalue weighted by Gasteiger charge is -2.19. The predicted molar refractivity (Wildman–Crippen MR) is 77.0 cm³/mol. The van der Waals surface area contributed by atoms with Crippen LogP contribution in [0.25, 0.3) is 6.08 Å². The smallest absolute Gasteiger partial charge is 0.379 e. The van der Waals surface area contributed by atoms with Gasteiger partial charge in [-0.15, -0.1) is 0 Å². The van der Waals surface area contributed by atoms with Gasteiger partial charge in [-0.1, -0.05) is 12.1 Å². The van der Waals surface area contributed by atoms with Gasteiger partial charge in [-0.05, 0) is 23.8 Å². The van der Waals surface area contributed by atoms with Gasteiger partial charge in [-0.3, -0.25) is 0 Å². The van der Waals surface area contributed by atoms with Gasteiger partial charge in [0.25, 0.3) is 0 Å². The van der Waals surface area contributed by atoms with E-state index < -0.39 is 5.97 Å². The molecule has 2 aromatic carbocycles. The summed E-state index contributed by atoms with van der Waals surface area (Å²) in [5.41, 5.74) is 0.709. The molecule has 1 aliphatic rings. The average Bonchev–Trinajstić information content (AvgIpc) is 2.50. The molecule has 0 saturated carbocycles. The van der Waals surface area contributed by atoms with E-state index in [4.69, 9.17) is 14.2 Å². The molecule has 0 aliphatic carbocycles. The molecule has 0 atom stereocenters. The minimum atomic E-state index is -0.732. The number of carbonyl (C=O) groups is 1. The summed E-state index contributed by atoms with van der Waals surface area (Å²) in [6.07, 6.45) is 1.49. The number of fused-ring (bicyclic) bond motifs is 1. The van der Waals surface area contributed by atoms with E-state index in [9.17, 15) is 15.0 Å². The topological polar surface area (TPSA) is 85.2 Å². The van der Waals surface area contributed by atoms with Crippen LogP contribution in [0, 0.1) is 0 Å². The number of hydrogen-bond donors (Lipinski definition) is 2. The molecule has 1 aliphatic heterocycles. The second-order valence-electron chi connectivity index (χ2n) is 4.57. The van der Waals surface area contributed by atoms with E-state index in [2.05, 4.69) is 0 Å². The summed E-state index contributed by atoms with van der Waals surface area (Å²) in [7, 11) is 1.56. The predicted octanol–water partition coefficient (Wildman–Crippen LogP) is 2.45. The Labute approximate surface area is 125 Å². The second kappa shape index (κ2) is 5.33. The Kier molecular flexibility index (Phi) is 3.34. The molecule has 0 bridgehead atoms. The van der Waals surface area contributed by atoms with Crippen LogP contribution in [0.1, 0.15) is 5.56 Å². The summed E-state index contributed by atoms with van der Waals surface area (Å²) in [6, 6.07) is 9.30. The number of aromatic hydroxyl groups is 2. The monoisotopic (exact) mass is 300 g/mol. The number of esters is 1. The third-order valence-corrected chi connectivity index (χ3v) is 3.05. The summed E-state index contributed by atoms with van der Waals surface area (Å²) < 4.78 is 15.5. The van der Waals surface area contributed by atoms with Crippen LogP contribution >= 0.6 is 0 Å². The fourth-order valence-corrected chi connectivity index (χ4v) is 1.99. The van der Waals surface area contributed by atoms with E-state index in [0.717, 1.165) is 6.07 Å². The normalized spacial score (nSPS) is 15.0. The lowest BCUT2D eigenvalue weighted by atomic mass is 10.2. The Bertz CT molecular complexity index is 761. The van der Waals surface area contributed by atoms with Crippen molar-refractivity contribution in [2.24, 2.45) is 0 Å². The Morgan fingerprint density at radius 1 is 1.09 bits per heavy atom. The maximum Gasteiger partial charge on any atom is 0.379 e. The van der Waals surface area contributed by atoms with E-state index in [1.807, 2.05) is 0 Å². The lowest BCUT2D eigenvalue weighted by molar-refractivity contribution is -0.134. The molecule has 0 aromatic heterocycles. The third kappa shape index (κ3) is 2.54. The Hall–Kier alpha value is -3.15. The molecule has 1 heterocycles. The minimum Gasteiger partial charge on any atom is -0.508 e. The number of methoxy groups -OCH3 is 1. The van der Waals surface area contributed by atoms with Crippen molar-refractivity contribution in [3.05, 3.63) is 47.7 Å². The van der Waals surface area contributed by atoms with Crippen LogP contribution in [0.2, 0.25) is 0 Å². The molecule has 0 spiro atoms. The number of carbonyl (C=O) groups excluding carboxylic acids is 1. The molecule has 0 radical (unpaired) electrons. The summed E-state index contributed by atoms with van der Waals surface area (Å²) in [5.74, 6) is -0.710. The molecule has 22 heavy (non-hydrogen) atoms. The highest BCUT2D eigenvalue weighted by atomic mass is 16.6. The third-order valence-electron chi connectivity index (χ3n) is 3.05. The van der Waals surface area contributed by atoms with Crippen molar-refractivity contribution in [2.45, 2.75) is 0 Å². The lowest BCUT2D eigenvalue weighted by Crippen LogP contribution is -2.20. The maximum absolute atomic E-state index is 11.9. The molecule has 3 rings (SSSR count). The molecule has 0 saturated heterocycles. The van der Waals surface area contributed by atoms with Crippen molar-refractivity contribution in [1.29, 1.82) is 0 Å².